The van der Waals surface area contributed by atoms with Crippen LogP contribution in [0.4, 0.5) is 0 Å². The van der Waals surface area contributed by atoms with Gasteiger partial charge >= 0.3 is 0 Å². The average molecular weight is 153 g/mol. The molecular formula is C10H19N. The van der Waals surface area contributed by atoms with E-state index < -0.39 is 0 Å². The fraction of sp³-hybridized carbons (Fsp3) is 1.00. The van der Waals surface area contributed by atoms with Gasteiger partial charge in [-0.15, -0.1) is 0 Å². The summed E-state index contributed by atoms with van der Waals surface area (Å²) in [6, 6.07) is 0. The van der Waals surface area contributed by atoms with E-state index in [0.717, 1.165) is 30.2 Å². The van der Waals surface area contributed by atoms with Crippen molar-refractivity contribution in [2.75, 3.05) is 6.54 Å². The summed E-state index contributed by atoms with van der Waals surface area (Å²) in [6.07, 6.45) is 5.96. The van der Waals surface area contributed by atoms with Gasteiger partial charge in [0.1, 0.15) is 0 Å². The number of nitrogens with two attached hydrogens (primary N) is 1. The van der Waals surface area contributed by atoms with E-state index in [2.05, 4.69) is 6.92 Å². The molecule has 2 fully saturated rings. The van der Waals surface area contributed by atoms with Gasteiger partial charge in [-0.1, -0.05) is 19.8 Å². The molecular weight excluding hydrogens is 134 g/mol. The smallest absolute Gasteiger partial charge is 0.00486 e. The summed E-state index contributed by atoms with van der Waals surface area (Å²) in [5, 5.41) is 0. The molecule has 0 amide bonds. The van der Waals surface area contributed by atoms with Gasteiger partial charge in [0.2, 0.25) is 0 Å². The first kappa shape index (κ1) is 7.60. The molecule has 0 spiro atoms. The van der Waals surface area contributed by atoms with Gasteiger partial charge in [-0.3, -0.25) is 0 Å². The van der Waals surface area contributed by atoms with Gasteiger partial charge in [0, 0.05) is 0 Å². The number of fused-ring (bicyclic) bond motifs is 1. The van der Waals surface area contributed by atoms with Crippen LogP contribution >= 0.6 is 0 Å². The van der Waals surface area contributed by atoms with Crippen molar-refractivity contribution < 1.29 is 0 Å². The molecule has 0 aliphatic heterocycles. The summed E-state index contributed by atoms with van der Waals surface area (Å²) in [7, 11) is 0. The van der Waals surface area contributed by atoms with Crippen LogP contribution in [-0.4, -0.2) is 6.54 Å². The lowest BCUT2D eigenvalue weighted by atomic mass is 10.0. The quantitative estimate of drug-likeness (QED) is 0.645. The maximum absolute atomic E-state index is 5.67. The largest absolute Gasteiger partial charge is 0.330 e. The van der Waals surface area contributed by atoms with E-state index in [9.17, 15) is 0 Å². The number of hydrogen-bond acceptors (Lipinski definition) is 1. The lowest BCUT2D eigenvalue weighted by Crippen LogP contribution is -2.13. The van der Waals surface area contributed by atoms with Crippen molar-refractivity contribution in [1.29, 1.82) is 0 Å². The second-order valence-corrected chi connectivity index (χ2v) is 4.40. The molecule has 2 N–H and O–H groups in total. The van der Waals surface area contributed by atoms with Gasteiger partial charge in [-0.25, -0.2) is 0 Å². The van der Waals surface area contributed by atoms with Gasteiger partial charge in [0.25, 0.3) is 0 Å². The van der Waals surface area contributed by atoms with Crippen molar-refractivity contribution in [3.63, 3.8) is 0 Å². The summed E-state index contributed by atoms with van der Waals surface area (Å²) < 4.78 is 0. The van der Waals surface area contributed by atoms with Crippen LogP contribution in [0.15, 0.2) is 0 Å². The highest BCUT2D eigenvalue weighted by atomic mass is 14.6. The van der Waals surface area contributed by atoms with Gasteiger partial charge in [-0.05, 0) is 43.1 Å². The number of rotatable bonds is 2. The van der Waals surface area contributed by atoms with Gasteiger partial charge in [0.15, 0.2) is 0 Å². The predicted molar refractivity (Wildman–Crippen MR) is 47.2 cm³/mol. The van der Waals surface area contributed by atoms with Crippen molar-refractivity contribution in [2.45, 2.75) is 32.6 Å². The van der Waals surface area contributed by atoms with Gasteiger partial charge in [0.05, 0.1) is 0 Å². The zero-order chi connectivity index (χ0) is 7.84. The van der Waals surface area contributed by atoms with E-state index in [1.807, 2.05) is 0 Å². The lowest BCUT2D eigenvalue weighted by molar-refractivity contribution is 0.471. The maximum atomic E-state index is 5.67. The minimum atomic E-state index is 0.795. The van der Waals surface area contributed by atoms with Crippen molar-refractivity contribution >= 4 is 0 Å². The molecule has 1 nitrogen and oxygen atoms in total. The molecule has 64 valence electrons. The third-order valence-corrected chi connectivity index (χ3v) is 3.75. The van der Waals surface area contributed by atoms with Crippen molar-refractivity contribution in [3.05, 3.63) is 0 Å². The Morgan fingerprint density at radius 1 is 1.27 bits per heavy atom. The third kappa shape index (κ3) is 1.20. The van der Waals surface area contributed by atoms with E-state index in [1.165, 1.54) is 25.7 Å². The first-order valence-corrected chi connectivity index (χ1v) is 5.04. The molecule has 2 aliphatic rings. The van der Waals surface area contributed by atoms with E-state index in [-0.39, 0.29) is 0 Å². The second-order valence-electron chi connectivity index (χ2n) is 4.40. The summed E-state index contributed by atoms with van der Waals surface area (Å²) in [5.41, 5.74) is 5.67. The van der Waals surface area contributed by atoms with Crippen LogP contribution in [0.3, 0.4) is 0 Å². The van der Waals surface area contributed by atoms with Crippen molar-refractivity contribution in [2.24, 2.45) is 29.4 Å². The first-order chi connectivity index (χ1) is 5.34. The highest BCUT2D eigenvalue weighted by Crippen LogP contribution is 2.58. The minimum Gasteiger partial charge on any atom is -0.330 e. The highest BCUT2D eigenvalue weighted by molar-refractivity contribution is 5.01. The van der Waals surface area contributed by atoms with Crippen LogP contribution < -0.4 is 5.73 Å². The summed E-state index contributed by atoms with van der Waals surface area (Å²) in [5.74, 6) is 3.98. The molecule has 0 bridgehead atoms. The fourth-order valence-corrected chi connectivity index (χ4v) is 3.05. The maximum Gasteiger partial charge on any atom is -0.00486 e. The Kier molecular flexibility index (Phi) is 1.92. The zero-order valence-electron chi connectivity index (χ0n) is 7.42. The van der Waals surface area contributed by atoms with Crippen LogP contribution in [0.2, 0.25) is 0 Å². The molecule has 1 heteroatoms. The first-order valence-electron chi connectivity index (χ1n) is 5.04. The Balaban J connectivity index is 1.89. The summed E-state index contributed by atoms with van der Waals surface area (Å²) in [6.45, 7) is 3.22. The molecule has 2 rings (SSSR count). The number of hydrogen-bond donors (Lipinski definition) is 1. The second kappa shape index (κ2) is 2.78. The normalized spacial score (nSPS) is 44.7. The topological polar surface area (TPSA) is 26.0 Å². The average Bonchev–Trinajstić information content (AvgIpc) is 2.77. The van der Waals surface area contributed by atoms with Crippen LogP contribution in [0.5, 0.6) is 0 Å². The molecule has 2 aliphatic carbocycles. The van der Waals surface area contributed by atoms with Gasteiger partial charge in [-0.2, -0.15) is 0 Å². The van der Waals surface area contributed by atoms with E-state index in [0.29, 0.717) is 0 Å². The standard InChI is InChI=1S/C10H19N/c1-7(6-11)10-8-4-2-3-5-9(8)10/h7-10H,2-6,11H2,1H3. The molecule has 3 atom stereocenters. The van der Waals surface area contributed by atoms with Crippen LogP contribution in [0, 0.1) is 23.7 Å². The van der Waals surface area contributed by atoms with Crippen molar-refractivity contribution in [1.82, 2.24) is 0 Å². The Morgan fingerprint density at radius 3 is 2.27 bits per heavy atom. The minimum absolute atomic E-state index is 0.795. The Labute approximate surface area is 69.4 Å². The third-order valence-electron chi connectivity index (χ3n) is 3.75. The highest BCUT2D eigenvalue weighted by Gasteiger charge is 2.52. The van der Waals surface area contributed by atoms with Gasteiger partial charge < -0.3 is 5.73 Å². The van der Waals surface area contributed by atoms with E-state index >= 15 is 0 Å². The van der Waals surface area contributed by atoms with Crippen LogP contribution in [-0.2, 0) is 0 Å². The zero-order valence-corrected chi connectivity index (χ0v) is 7.42. The van der Waals surface area contributed by atoms with E-state index in [1.54, 1.807) is 0 Å². The Morgan fingerprint density at radius 2 is 1.82 bits per heavy atom. The molecule has 0 saturated heterocycles. The predicted octanol–water partition coefficient (Wildman–Crippen LogP) is 2.02. The SMILES string of the molecule is CC(CN)C1C2CCCCC21. The molecule has 2 saturated carbocycles. The summed E-state index contributed by atoms with van der Waals surface area (Å²) >= 11 is 0. The molecule has 3 unspecified atom stereocenters. The molecule has 0 radical (unpaired) electrons. The van der Waals surface area contributed by atoms with Crippen LogP contribution in [0.1, 0.15) is 32.6 Å². The lowest BCUT2D eigenvalue weighted by Gasteiger charge is -2.05. The molecule has 0 heterocycles. The molecule has 0 aromatic carbocycles. The molecule has 11 heavy (non-hydrogen) atoms. The fourth-order valence-electron chi connectivity index (χ4n) is 3.05. The molecule has 0 aromatic heterocycles. The Bertz CT molecular complexity index is 132. The monoisotopic (exact) mass is 153 g/mol. The van der Waals surface area contributed by atoms with Crippen molar-refractivity contribution in [3.8, 4) is 0 Å². The Hall–Kier alpha value is -0.0400. The van der Waals surface area contributed by atoms with E-state index in [4.69, 9.17) is 5.73 Å². The van der Waals surface area contributed by atoms with Crippen LogP contribution in [0.25, 0.3) is 0 Å². The summed E-state index contributed by atoms with van der Waals surface area (Å²) in [4.78, 5) is 0. The molecule has 0 aromatic rings.